The number of carbonyl (C=O) groups excluding carboxylic acids is 1. The number of rotatable bonds is 2. The Bertz CT molecular complexity index is 481. The summed E-state index contributed by atoms with van der Waals surface area (Å²) in [7, 11) is 0. The number of fused-ring (bicyclic) bond motifs is 1. The summed E-state index contributed by atoms with van der Waals surface area (Å²) in [6.45, 7) is 0.545. The predicted molar refractivity (Wildman–Crippen MR) is 70.7 cm³/mol. The van der Waals surface area contributed by atoms with Crippen LogP contribution in [0.2, 0.25) is 0 Å². The summed E-state index contributed by atoms with van der Waals surface area (Å²) in [6, 6.07) is 8.98. The molecule has 1 aromatic carbocycles. The van der Waals surface area contributed by atoms with E-state index in [9.17, 15) is 14.3 Å². The highest BCUT2D eigenvalue weighted by molar-refractivity contribution is 5.69. The maximum atomic E-state index is 13.6. The van der Waals surface area contributed by atoms with Crippen molar-refractivity contribution in [3.8, 4) is 0 Å². The number of halogens is 1. The van der Waals surface area contributed by atoms with E-state index in [1.54, 1.807) is 0 Å². The zero-order chi connectivity index (χ0) is 14.1. The molecular weight excluding hydrogens is 261 g/mol. The molecule has 3 rings (SSSR count). The molecule has 1 N–H and O–H groups in total. The lowest BCUT2D eigenvalue weighted by Crippen LogP contribution is -2.36. The van der Waals surface area contributed by atoms with Gasteiger partial charge in [-0.1, -0.05) is 30.3 Å². The van der Waals surface area contributed by atoms with Crippen LogP contribution in [0, 0.1) is 5.92 Å². The van der Waals surface area contributed by atoms with Crippen LogP contribution < -0.4 is 0 Å². The van der Waals surface area contributed by atoms with E-state index in [0.717, 1.165) is 5.56 Å². The van der Waals surface area contributed by atoms with Gasteiger partial charge in [-0.15, -0.1) is 0 Å². The van der Waals surface area contributed by atoms with Crippen molar-refractivity contribution < 1.29 is 19.0 Å². The quantitative estimate of drug-likeness (QED) is 0.902. The summed E-state index contributed by atoms with van der Waals surface area (Å²) in [4.78, 5) is 13.5. The summed E-state index contributed by atoms with van der Waals surface area (Å²) < 4.78 is 18.9. The van der Waals surface area contributed by atoms with Crippen LogP contribution in [0.15, 0.2) is 30.3 Å². The second kappa shape index (κ2) is 5.40. The zero-order valence-electron chi connectivity index (χ0n) is 11.1. The normalized spacial score (nSPS) is 32.2. The van der Waals surface area contributed by atoms with Gasteiger partial charge in [-0.2, -0.15) is 0 Å². The van der Waals surface area contributed by atoms with Crippen LogP contribution in [0.5, 0.6) is 0 Å². The van der Waals surface area contributed by atoms with E-state index in [1.807, 2.05) is 30.3 Å². The van der Waals surface area contributed by atoms with E-state index >= 15 is 0 Å². The molecule has 2 aliphatic rings. The molecule has 1 aliphatic heterocycles. The van der Waals surface area contributed by atoms with Crippen LogP contribution in [0.4, 0.5) is 9.18 Å². The van der Waals surface area contributed by atoms with E-state index in [-0.39, 0.29) is 12.5 Å². The van der Waals surface area contributed by atoms with Gasteiger partial charge in [0.1, 0.15) is 12.8 Å². The van der Waals surface area contributed by atoms with Gasteiger partial charge < -0.3 is 14.7 Å². The first-order valence-corrected chi connectivity index (χ1v) is 6.96. The van der Waals surface area contributed by atoms with Crippen LogP contribution >= 0.6 is 0 Å². The van der Waals surface area contributed by atoms with Gasteiger partial charge in [0.15, 0.2) is 0 Å². The Balaban J connectivity index is 1.59. The number of aliphatic hydroxyl groups is 1. The lowest BCUT2D eigenvalue weighted by Gasteiger charge is -2.21. The van der Waals surface area contributed by atoms with E-state index in [1.165, 1.54) is 4.90 Å². The topological polar surface area (TPSA) is 49.8 Å². The average molecular weight is 279 g/mol. The first kappa shape index (κ1) is 13.4. The van der Waals surface area contributed by atoms with Crippen molar-refractivity contribution in [1.82, 2.24) is 4.90 Å². The number of ether oxygens (including phenoxy) is 1. The van der Waals surface area contributed by atoms with E-state index in [0.29, 0.717) is 19.4 Å². The second-order valence-corrected chi connectivity index (χ2v) is 5.51. The molecule has 1 saturated carbocycles. The highest BCUT2D eigenvalue weighted by atomic mass is 19.1. The van der Waals surface area contributed by atoms with Crippen molar-refractivity contribution in [3.05, 3.63) is 35.9 Å². The SMILES string of the molecule is O=C(OCc1ccccc1)N1CCC(O)CC2C(F)C21. The van der Waals surface area contributed by atoms with Crippen molar-refractivity contribution in [3.63, 3.8) is 0 Å². The molecule has 0 radical (unpaired) electrons. The minimum absolute atomic E-state index is 0.188. The van der Waals surface area contributed by atoms with E-state index in [2.05, 4.69) is 0 Å². The maximum absolute atomic E-state index is 13.6. The molecule has 0 aromatic heterocycles. The summed E-state index contributed by atoms with van der Waals surface area (Å²) >= 11 is 0. The third kappa shape index (κ3) is 2.63. The molecule has 4 nitrogen and oxygen atoms in total. The van der Waals surface area contributed by atoms with E-state index in [4.69, 9.17) is 4.74 Å². The number of hydrogen-bond acceptors (Lipinski definition) is 3. The maximum Gasteiger partial charge on any atom is 0.410 e. The summed E-state index contributed by atoms with van der Waals surface area (Å²) in [5.41, 5.74) is 0.903. The van der Waals surface area contributed by atoms with E-state index < -0.39 is 24.4 Å². The number of alkyl halides is 1. The van der Waals surface area contributed by atoms with Crippen LogP contribution in [-0.2, 0) is 11.3 Å². The predicted octanol–water partition coefficient (Wildman–Crippen LogP) is 2.12. The number of nitrogens with zero attached hydrogens (tertiary/aromatic N) is 1. The number of hydrogen-bond donors (Lipinski definition) is 1. The average Bonchev–Trinajstić information content (AvgIpc) is 3.12. The standard InChI is InChI=1S/C15H18FNO3/c16-13-12-8-11(18)6-7-17(14(12)13)15(19)20-9-10-4-2-1-3-5-10/h1-5,11-14,18H,6-9H2. The van der Waals surface area contributed by atoms with Gasteiger partial charge in [0.25, 0.3) is 0 Å². The molecule has 2 fully saturated rings. The minimum atomic E-state index is -1.02. The molecule has 4 atom stereocenters. The molecule has 1 aliphatic carbocycles. The Kier molecular flexibility index (Phi) is 3.61. The van der Waals surface area contributed by atoms with Gasteiger partial charge in [-0.3, -0.25) is 0 Å². The lowest BCUT2D eigenvalue weighted by atomic mass is 10.1. The third-order valence-electron chi connectivity index (χ3n) is 4.08. The van der Waals surface area contributed by atoms with Gasteiger partial charge in [0.05, 0.1) is 12.1 Å². The molecule has 1 heterocycles. The van der Waals surface area contributed by atoms with Gasteiger partial charge in [-0.05, 0) is 18.4 Å². The first-order chi connectivity index (χ1) is 9.66. The molecule has 108 valence electrons. The lowest BCUT2D eigenvalue weighted by molar-refractivity contribution is 0.0850. The highest BCUT2D eigenvalue weighted by Gasteiger charge is 2.58. The largest absolute Gasteiger partial charge is 0.445 e. The number of benzene rings is 1. The monoisotopic (exact) mass is 279 g/mol. The molecule has 4 unspecified atom stereocenters. The third-order valence-corrected chi connectivity index (χ3v) is 4.08. The highest BCUT2D eigenvalue weighted by Crippen LogP contribution is 2.45. The Morgan fingerprint density at radius 2 is 2.15 bits per heavy atom. The fraction of sp³-hybridized carbons (Fsp3) is 0.533. The van der Waals surface area contributed by atoms with Crippen LogP contribution in [0.3, 0.4) is 0 Å². The number of amides is 1. The Morgan fingerprint density at radius 3 is 2.90 bits per heavy atom. The van der Waals surface area contributed by atoms with Gasteiger partial charge >= 0.3 is 6.09 Å². The molecular formula is C15H18FNO3. The number of carbonyl (C=O) groups is 1. The Labute approximate surface area is 117 Å². The number of aliphatic hydroxyl groups excluding tert-OH is 1. The molecule has 5 heteroatoms. The molecule has 0 spiro atoms. The Hall–Kier alpha value is -1.62. The van der Waals surface area contributed by atoms with Crippen molar-refractivity contribution in [2.45, 2.75) is 37.8 Å². The van der Waals surface area contributed by atoms with Gasteiger partial charge in [0.2, 0.25) is 0 Å². The second-order valence-electron chi connectivity index (χ2n) is 5.51. The van der Waals surface area contributed by atoms with Crippen molar-refractivity contribution in [2.24, 2.45) is 5.92 Å². The van der Waals surface area contributed by atoms with Crippen molar-refractivity contribution >= 4 is 6.09 Å². The summed E-state index contributed by atoms with van der Waals surface area (Å²) in [6.07, 6.45) is -1.10. The fourth-order valence-corrected chi connectivity index (χ4v) is 2.87. The smallest absolute Gasteiger partial charge is 0.410 e. The van der Waals surface area contributed by atoms with Crippen LogP contribution in [0.25, 0.3) is 0 Å². The van der Waals surface area contributed by atoms with Crippen molar-refractivity contribution in [1.29, 1.82) is 0 Å². The molecule has 1 aromatic rings. The molecule has 1 saturated heterocycles. The zero-order valence-corrected chi connectivity index (χ0v) is 11.1. The molecule has 0 bridgehead atoms. The van der Waals surface area contributed by atoms with Gasteiger partial charge in [-0.25, -0.2) is 9.18 Å². The summed E-state index contributed by atoms with van der Waals surface area (Å²) in [5, 5.41) is 9.67. The summed E-state index contributed by atoms with van der Waals surface area (Å²) in [5.74, 6) is -0.225. The van der Waals surface area contributed by atoms with Gasteiger partial charge in [0, 0.05) is 12.5 Å². The van der Waals surface area contributed by atoms with Crippen LogP contribution in [0.1, 0.15) is 18.4 Å². The molecule has 1 amide bonds. The minimum Gasteiger partial charge on any atom is -0.445 e. The Morgan fingerprint density at radius 1 is 1.40 bits per heavy atom. The first-order valence-electron chi connectivity index (χ1n) is 6.96. The fourth-order valence-electron chi connectivity index (χ4n) is 2.87. The van der Waals surface area contributed by atoms with Crippen molar-refractivity contribution in [2.75, 3.05) is 6.54 Å². The number of likely N-dealkylation sites (tertiary alicyclic amines) is 1. The molecule has 20 heavy (non-hydrogen) atoms. The van der Waals surface area contributed by atoms with Crippen LogP contribution in [-0.4, -0.2) is 41.0 Å².